The van der Waals surface area contributed by atoms with Crippen molar-refractivity contribution >= 4 is 21.6 Å². The maximum absolute atomic E-state index is 13.4. The summed E-state index contributed by atoms with van der Waals surface area (Å²) in [4.78, 5) is 19.7. The first-order valence-corrected chi connectivity index (χ1v) is 11.4. The fourth-order valence-electron chi connectivity index (χ4n) is 4.00. The third-order valence-electron chi connectivity index (χ3n) is 5.51. The van der Waals surface area contributed by atoms with Crippen molar-refractivity contribution in [1.29, 1.82) is 0 Å². The molecule has 1 aromatic carbocycles. The molecule has 1 unspecified atom stereocenters. The molecule has 1 aliphatic carbocycles. The minimum atomic E-state index is -0.206. The Morgan fingerprint density at radius 1 is 1.40 bits per heavy atom. The molecule has 1 atom stereocenters. The summed E-state index contributed by atoms with van der Waals surface area (Å²) in [7, 11) is 0. The molecule has 0 radical (unpaired) electrons. The Labute approximate surface area is 179 Å². The lowest BCUT2D eigenvalue weighted by molar-refractivity contribution is 0.0747. The van der Waals surface area contributed by atoms with Crippen LogP contribution in [0.4, 0.5) is 4.39 Å². The van der Waals surface area contributed by atoms with Gasteiger partial charge in [0, 0.05) is 30.6 Å². The van der Waals surface area contributed by atoms with E-state index in [1.165, 1.54) is 16.5 Å². The first-order valence-electron chi connectivity index (χ1n) is 10.6. The molecule has 2 heterocycles. The van der Waals surface area contributed by atoms with Gasteiger partial charge in [0.15, 0.2) is 0 Å². The summed E-state index contributed by atoms with van der Waals surface area (Å²) in [5, 5.41) is 4.34. The fourth-order valence-corrected chi connectivity index (χ4v) is 5.26. The number of halogens is 1. The molecule has 0 saturated carbocycles. The van der Waals surface area contributed by atoms with Crippen LogP contribution in [-0.4, -0.2) is 28.3 Å². The molecular formula is C23H28FN3O2S. The molecular weight excluding hydrogens is 401 g/mol. The molecule has 0 saturated heterocycles. The SMILES string of the molecule is CC(C)OCCCn1cnc2sc3c(c2c1=O)CCC(NCc1cccc(F)c1)C3. The van der Waals surface area contributed by atoms with E-state index in [-0.39, 0.29) is 17.5 Å². The molecule has 4 rings (SSSR count). The van der Waals surface area contributed by atoms with Gasteiger partial charge in [-0.3, -0.25) is 9.36 Å². The van der Waals surface area contributed by atoms with Crippen LogP contribution in [0.15, 0.2) is 35.4 Å². The van der Waals surface area contributed by atoms with Gasteiger partial charge in [-0.2, -0.15) is 0 Å². The Hall–Kier alpha value is -2.09. The van der Waals surface area contributed by atoms with Gasteiger partial charge in [0.25, 0.3) is 5.56 Å². The van der Waals surface area contributed by atoms with Crippen molar-refractivity contribution in [2.45, 2.75) is 64.8 Å². The predicted molar refractivity (Wildman–Crippen MR) is 119 cm³/mol. The molecule has 1 N–H and O–H groups in total. The highest BCUT2D eigenvalue weighted by atomic mass is 32.1. The van der Waals surface area contributed by atoms with Crippen LogP contribution in [0.2, 0.25) is 0 Å². The first kappa shape index (κ1) is 21.2. The minimum Gasteiger partial charge on any atom is -0.379 e. The highest BCUT2D eigenvalue weighted by Gasteiger charge is 2.25. The molecule has 5 nitrogen and oxygen atoms in total. The number of nitrogens with zero attached hydrogens (tertiary/aromatic N) is 2. The fraction of sp³-hybridized carbons (Fsp3) is 0.478. The number of aromatic nitrogens is 2. The molecule has 1 aliphatic rings. The molecule has 2 aromatic heterocycles. The van der Waals surface area contributed by atoms with Gasteiger partial charge in [0.2, 0.25) is 0 Å². The number of ether oxygens (including phenoxy) is 1. The van der Waals surface area contributed by atoms with E-state index in [4.69, 9.17) is 4.74 Å². The smallest absolute Gasteiger partial charge is 0.262 e. The van der Waals surface area contributed by atoms with Crippen LogP contribution in [-0.2, 0) is 30.7 Å². The van der Waals surface area contributed by atoms with E-state index in [0.29, 0.717) is 25.7 Å². The van der Waals surface area contributed by atoms with Crippen LogP contribution in [0.5, 0.6) is 0 Å². The Kier molecular flexibility index (Phi) is 6.61. The average molecular weight is 430 g/mol. The molecule has 0 spiro atoms. The topological polar surface area (TPSA) is 56.2 Å². The number of rotatable bonds is 8. The number of aryl methyl sites for hydroxylation is 2. The second-order valence-electron chi connectivity index (χ2n) is 8.15. The molecule has 0 aliphatic heterocycles. The number of thiophene rings is 1. The van der Waals surface area contributed by atoms with E-state index >= 15 is 0 Å². The van der Waals surface area contributed by atoms with Crippen molar-refractivity contribution < 1.29 is 9.13 Å². The van der Waals surface area contributed by atoms with Crippen LogP contribution in [0.3, 0.4) is 0 Å². The van der Waals surface area contributed by atoms with Crippen molar-refractivity contribution in [2.75, 3.05) is 6.61 Å². The third-order valence-corrected chi connectivity index (χ3v) is 6.68. The Morgan fingerprint density at radius 2 is 2.27 bits per heavy atom. The van der Waals surface area contributed by atoms with Crippen molar-refractivity contribution in [3.63, 3.8) is 0 Å². The molecule has 7 heteroatoms. The number of hydrogen-bond donors (Lipinski definition) is 1. The van der Waals surface area contributed by atoms with E-state index in [2.05, 4.69) is 10.3 Å². The summed E-state index contributed by atoms with van der Waals surface area (Å²) in [6.45, 7) is 5.93. The Morgan fingerprint density at radius 3 is 3.07 bits per heavy atom. The van der Waals surface area contributed by atoms with Crippen molar-refractivity contribution in [2.24, 2.45) is 0 Å². The lowest BCUT2D eigenvalue weighted by Gasteiger charge is -2.23. The Bertz CT molecular complexity index is 1080. The van der Waals surface area contributed by atoms with Crippen LogP contribution >= 0.6 is 11.3 Å². The van der Waals surface area contributed by atoms with Gasteiger partial charge in [0.1, 0.15) is 10.6 Å². The summed E-state index contributed by atoms with van der Waals surface area (Å²) in [5.41, 5.74) is 2.18. The monoisotopic (exact) mass is 429 g/mol. The normalized spacial score (nSPS) is 16.3. The second-order valence-corrected chi connectivity index (χ2v) is 9.23. The maximum atomic E-state index is 13.4. The van der Waals surface area contributed by atoms with E-state index in [1.54, 1.807) is 34.4 Å². The van der Waals surface area contributed by atoms with Crippen LogP contribution < -0.4 is 10.9 Å². The summed E-state index contributed by atoms with van der Waals surface area (Å²) in [6, 6.07) is 7.03. The van der Waals surface area contributed by atoms with Crippen LogP contribution in [0.1, 0.15) is 42.7 Å². The third kappa shape index (κ3) is 4.79. The van der Waals surface area contributed by atoms with Gasteiger partial charge in [-0.1, -0.05) is 12.1 Å². The van der Waals surface area contributed by atoms with E-state index in [0.717, 1.165) is 41.5 Å². The lowest BCUT2D eigenvalue weighted by atomic mass is 9.93. The van der Waals surface area contributed by atoms with Crippen molar-refractivity contribution in [3.05, 3.63) is 62.8 Å². The van der Waals surface area contributed by atoms with E-state index in [9.17, 15) is 9.18 Å². The molecule has 0 fully saturated rings. The van der Waals surface area contributed by atoms with Gasteiger partial charge in [-0.05, 0) is 62.8 Å². The van der Waals surface area contributed by atoms with Gasteiger partial charge in [0.05, 0.1) is 17.8 Å². The van der Waals surface area contributed by atoms with Crippen molar-refractivity contribution in [1.82, 2.24) is 14.9 Å². The molecule has 160 valence electrons. The van der Waals surface area contributed by atoms with Gasteiger partial charge >= 0.3 is 0 Å². The summed E-state index contributed by atoms with van der Waals surface area (Å²) >= 11 is 1.63. The first-order chi connectivity index (χ1) is 14.5. The average Bonchev–Trinajstić information content (AvgIpc) is 3.09. The molecule has 0 bridgehead atoms. The summed E-state index contributed by atoms with van der Waals surface area (Å²) < 4.78 is 20.7. The minimum absolute atomic E-state index is 0.0632. The van der Waals surface area contributed by atoms with Gasteiger partial charge < -0.3 is 10.1 Å². The van der Waals surface area contributed by atoms with Gasteiger partial charge in [-0.25, -0.2) is 9.37 Å². The van der Waals surface area contributed by atoms with Crippen LogP contribution in [0, 0.1) is 5.82 Å². The molecule has 30 heavy (non-hydrogen) atoms. The van der Waals surface area contributed by atoms with E-state index < -0.39 is 0 Å². The highest BCUT2D eigenvalue weighted by Crippen LogP contribution is 2.33. The van der Waals surface area contributed by atoms with Crippen LogP contribution in [0.25, 0.3) is 10.2 Å². The number of nitrogens with one attached hydrogen (secondary N) is 1. The maximum Gasteiger partial charge on any atom is 0.262 e. The lowest BCUT2D eigenvalue weighted by Crippen LogP contribution is -2.33. The number of benzene rings is 1. The number of fused-ring (bicyclic) bond motifs is 3. The number of hydrogen-bond acceptors (Lipinski definition) is 5. The standard InChI is InChI=1S/C23H28FN3O2S/c1-15(2)29-10-4-9-27-14-26-22-21(23(27)28)19-8-7-18(12-20(19)30-22)25-13-16-5-3-6-17(24)11-16/h3,5-6,11,14-15,18,25H,4,7-10,12-13H2,1-2H3. The highest BCUT2D eigenvalue weighted by molar-refractivity contribution is 7.18. The zero-order valence-corrected chi connectivity index (χ0v) is 18.3. The molecule has 0 amide bonds. The summed E-state index contributed by atoms with van der Waals surface area (Å²) in [6.07, 6.45) is 5.38. The Balaban J connectivity index is 1.44. The zero-order valence-electron chi connectivity index (χ0n) is 17.5. The van der Waals surface area contributed by atoms with E-state index in [1.807, 2.05) is 19.9 Å². The second kappa shape index (κ2) is 9.37. The van der Waals surface area contributed by atoms with Gasteiger partial charge in [-0.15, -0.1) is 11.3 Å². The zero-order chi connectivity index (χ0) is 21.1. The molecule has 3 aromatic rings. The quantitative estimate of drug-likeness (QED) is 0.549. The summed E-state index contributed by atoms with van der Waals surface area (Å²) in [5.74, 6) is -0.206. The predicted octanol–water partition coefficient (Wildman–Crippen LogP) is 4.06. The van der Waals surface area contributed by atoms with Crippen molar-refractivity contribution in [3.8, 4) is 0 Å². The largest absolute Gasteiger partial charge is 0.379 e.